The second-order valence-corrected chi connectivity index (χ2v) is 9.74. The van der Waals surface area contributed by atoms with Gasteiger partial charge in [0.2, 0.25) is 5.91 Å². The van der Waals surface area contributed by atoms with Gasteiger partial charge in [-0.2, -0.15) is 0 Å². The van der Waals surface area contributed by atoms with Crippen LogP contribution in [0.25, 0.3) is 6.08 Å². The number of benzene rings is 1. The number of hydrogen-bond acceptors (Lipinski definition) is 7. The Morgan fingerprint density at radius 3 is 2.66 bits per heavy atom. The van der Waals surface area contributed by atoms with Gasteiger partial charge in [-0.3, -0.25) is 9.69 Å². The summed E-state index contributed by atoms with van der Waals surface area (Å²) in [6, 6.07) is 7.77. The average Bonchev–Trinajstić information content (AvgIpc) is 3.45. The number of carbonyl (C=O) groups excluding carboxylic acids is 1. The second kappa shape index (κ2) is 10.8. The minimum atomic E-state index is 0.0517. The van der Waals surface area contributed by atoms with Crippen molar-refractivity contribution in [1.82, 2.24) is 19.8 Å². The zero-order chi connectivity index (χ0) is 22.3. The van der Waals surface area contributed by atoms with Crippen LogP contribution in [0.2, 0.25) is 0 Å². The minimum absolute atomic E-state index is 0.0517. The number of thiazole rings is 2. The Morgan fingerprint density at radius 1 is 1.12 bits per heavy atom. The molecule has 0 radical (unpaired) electrons. The van der Waals surface area contributed by atoms with Crippen molar-refractivity contribution in [3.05, 3.63) is 68.1 Å². The van der Waals surface area contributed by atoms with Crippen molar-refractivity contribution in [3.8, 4) is 5.75 Å². The minimum Gasteiger partial charge on any atom is -0.487 e. The van der Waals surface area contributed by atoms with Gasteiger partial charge >= 0.3 is 0 Å². The maximum Gasteiger partial charge on any atom is 0.246 e. The quantitative estimate of drug-likeness (QED) is 0.459. The van der Waals surface area contributed by atoms with Gasteiger partial charge in [-0.05, 0) is 37.1 Å². The summed E-state index contributed by atoms with van der Waals surface area (Å²) in [6.07, 6.45) is 4.50. The molecule has 0 aliphatic carbocycles. The van der Waals surface area contributed by atoms with Gasteiger partial charge in [0.15, 0.2) is 0 Å². The summed E-state index contributed by atoms with van der Waals surface area (Å²) in [5.74, 6) is 0.822. The van der Waals surface area contributed by atoms with E-state index < -0.39 is 0 Å². The molecule has 2 aromatic heterocycles. The maximum absolute atomic E-state index is 12.6. The first kappa shape index (κ1) is 22.6. The van der Waals surface area contributed by atoms with Gasteiger partial charge in [-0.15, -0.1) is 22.7 Å². The molecule has 3 aromatic rings. The zero-order valence-corrected chi connectivity index (χ0v) is 20.1. The molecular formula is C24H28N4O2S2. The molecule has 0 spiro atoms. The summed E-state index contributed by atoms with van der Waals surface area (Å²) in [4.78, 5) is 26.0. The van der Waals surface area contributed by atoms with Gasteiger partial charge in [0, 0.05) is 49.6 Å². The number of ether oxygens (including phenoxy) is 1. The van der Waals surface area contributed by atoms with Gasteiger partial charge in [-0.25, -0.2) is 9.97 Å². The van der Waals surface area contributed by atoms with E-state index >= 15 is 0 Å². The van der Waals surface area contributed by atoms with Crippen molar-refractivity contribution in [2.24, 2.45) is 0 Å². The summed E-state index contributed by atoms with van der Waals surface area (Å²) >= 11 is 3.35. The SMILES string of the molecule is CCc1nc(CN2CCN(C(=O)C=Cc3cccc(OCc4csc(C)n4)c3)CC2)cs1. The lowest BCUT2D eigenvalue weighted by Crippen LogP contribution is -2.47. The molecule has 8 heteroatoms. The molecule has 1 amide bonds. The predicted octanol–water partition coefficient (Wildman–Crippen LogP) is 4.41. The Bertz CT molecular complexity index is 1070. The molecule has 1 aliphatic rings. The van der Waals surface area contributed by atoms with Crippen molar-refractivity contribution in [2.45, 2.75) is 33.4 Å². The summed E-state index contributed by atoms with van der Waals surface area (Å²) in [7, 11) is 0. The molecule has 32 heavy (non-hydrogen) atoms. The van der Waals surface area contributed by atoms with Crippen LogP contribution in [0.15, 0.2) is 41.1 Å². The van der Waals surface area contributed by atoms with Crippen LogP contribution in [-0.2, 0) is 24.4 Å². The van der Waals surface area contributed by atoms with Gasteiger partial charge in [0.05, 0.1) is 21.4 Å². The number of aryl methyl sites for hydroxylation is 2. The number of hydrogen-bond donors (Lipinski definition) is 0. The molecule has 0 bridgehead atoms. The molecule has 0 unspecified atom stereocenters. The van der Waals surface area contributed by atoms with E-state index in [4.69, 9.17) is 4.74 Å². The highest BCUT2D eigenvalue weighted by Gasteiger charge is 2.20. The number of rotatable bonds is 8. The highest BCUT2D eigenvalue weighted by atomic mass is 32.1. The number of nitrogens with zero attached hydrogens (tertiary/aromatic N) is 4. The van der Waals surface area contributed by atoms with Crippen LogP contribution in [-0.4, -0.2) is 51.9 Å². The summed E-state index contributed by atoms with van der Waals surface area (Å²) in [5.41, 5.74) is 3.01. The maximum atomic E-state index is 12.6. The van der Waals surface area contributed by atoms with E-state index in [-0.39, 0.29) is 5.91 Å². The fraction of sp³-hybridized carbons (Fsp3) is 0.375. The van der Waals surface area contributed by atoms with Crippen LogP contribution < -0.4 is 4.74 Å². The van der Waals surface area contributed by atoms with Crippen LogP contribution in [0.5, 0.6) is 5.75 Å². The van der Waals surface area contributed by atoms with E-state index in [1.54, 1.807) is 28.7 Å². The van der Waals surface area contributed by atoms with Gasteiger partial charge in [0.25, 0.3) is 0 Å². The molecule has 3 heterocycles. The molecule has 1 saturated heterocycles. The molecule has 6 nitrogen and oxygen atoms in total. The highest BCUT2D eigenvalue weighted by molar-refractivity contribution is 7.09. The van der Waals surface area contributed by atoms with Crippen molar-refractivity contribution in [2.75, 3.05) is 26.2 Å². The lowest BCUT2D eigenvalue weighted by atomic mass is 10.2. The molecule has 1 aromatic carbocycles. The van der Waals surface area contributed by atoms with Gasteiger partial charge < -0.3 is 9.64 Å². The lowest BCUT2D eigenvalue weighted by molar-refractivity contribution is -0.127. The van der Waals surface area contributed by atoms with Crippen molar-refractivity contribution >= 4 is 34.7 Å². The fourth-order valence-electron chi connectivity index (χ4n) is 3.55. The molecule has 0 N–H and O–H groups in total. The Labute approximate surface area is 197 Å². The van der Waals surface area contributed by atoms with E-state index in [0.717, 1.165) is 66.9 Å². The molecule has 1 aliphatic heterocycles. The third-order valence-electron chi connectivity index (χ3n) is 5.30. The van der Waals surface area contributed by atoms with E-state index in [2.05, 4.69) is 27.2 Å². The Kier molecular flexibility index (Phi) is 7.68. The number of aromatic nitrogens is 2. The monoisotopic (exact) mass is 468 g/mol. The third-order valence-corrected chi connectivity index (χ3v) is 7.17. The van der Waals surface area contributed by atoms with Crippen molar-refractivity contribution < 1.29 is 9.53 Å². The topological polar surface area (TPSA) is 58.6 Å². The smallest absolute Gasteiger partial charge is 0.246 e. The molecule has 168 valence electrons. The first-order valence-electron chi connectivity index (χ1n) is 10.9. The van der Waals surface area contributed by atoms with Gasteiger partial charge in [-0.1, -0.05) is 19.1 Å². The van der Waals surface area contributed by atoms with Gasteiger partial charge in [0.1, 0.15) is 12.4 Å². The molecular weight excluding hydrogens is 440 g/mol. The Balaban J connectivity index is 1.25. The summed E-state index contributed by atoms with van der Waals surface area (Å²) in [6.45, 7) is 8.65. The van der Waals surface area contributed by atoms with E-state index in [1.807, 2.05) is 47.5 Å². The number of piperazine rings is 1. The summed E-state index contributed by atoms with van der Waals surface area (Å²) < 4.78 is 5.84. The second-order valence-electron chi connectivity index (χ2n) is 7.74. The van der Waals surface area contributed by atoms with Crippen LogP contribution in [0.3, 0.4) is 0 Å². The highest BCUT2D eigenvalue weighted by Crippen LogP contribution is 2.18. The molecule has 0 atom stereocenters. The van der Waals surface area contributed by atoms with E-state index in [1.165, 1.54) is 5.01 Å². The van der Waals surface area contributed by atoms with Crippen molar-refractivity contribution in [3.63, 3.8) is 0 Å². The standard InChI is InChI=1S/C24H28N4O2S2/c1-3-23-26-20(16-32-23)14-27-9-11-28(12-10-27)24(29)8-7-19-5-4-6-22(13-19)30-15-21-17-31-18(2)25-21/h4-8,13,16-17H,3,9-12,14-15H2,1-2H3. The Morgan fingerprint density at radius 2 is 1.94 bits per heavy atom. The van der Waals surface area contributed by atoms with E-state index in [9.17, 15) is 4.79 Å². The summed E-state index contributed by atoms with van der Waals surface area (Å²) in [5, 5.41) is 6.38. The van der Waals surface area contributed by atoms with Crippen LogP contribution >= 0.6 is 22.7 Å². The normalized spacial score (nSPS) is 14.9. The molecule has 0 saturated carbocycles. The number of carbonyl (C=O) groups is 1. The molecule has 1 fully saturated rings. The average molecular weight is 469 g/mol. The van der Waals surface area contributed by atoms with Crippen LogP contribution in [0, 0.1) is 6.92 Å². The largest absolute Gasteiger partial charge is 0.487 e. The Hall–Kier alpha value is -2.55. The van der Waals surface area contributed by atoms with Crippen LogP contribution in [0.1, 0.15) is 33.9 Å². The van der Waals surface area contributed by atoms with Crippen LogP contribution in [0.4, 0.5) is 0 Å². The molecule has 4 rings (SSSR count). The third kappa shape index (κ3) is 6.25. The first-order valence-corrected chi connectivity index (χ1v) is 12.6. The predicted molar refractivity (Wildman–Crippen MR) is 130 cm³/mol. The number of amides is 1. The fourth-order valence-corrected chi connectivity index (χ4v) is 4.89. The first-order chi connectivity index (χ1) is 15.6. The van der Waals surface area contributed by atoms with E-state index in [0.29, 0.717) is 6.61 Å². The zero-order valence-electron chi connectivity index (χ0n) is 18.5. The lowest BCUT2D eigenvalue weighted by Gasteiger charge is -2.33. The van der Waals surface area contributed by atoms with Crippen molar-refractivity contribution in [1.29, 1.82) is 0 Å².